The Morgan fingerprint density at radius 3 is 1.33 bits per heavy atom. The second-order valence-electron chi connectivity index (χ2n) is 6.25. The first-order valence-corrected chi connectivity index (χ1v) is 10.1. The van der Waals surface area contributed by atoms with Gasteiger partial charge in [0, 0.05) is 20.8 Å². The zero-order valence-electron chi connectivity index (χ0n) is 15.0. The lowest BCUT2D eigenvalue weighted by Crippen LogP contribution is -1.94. The molecular weight excluding hydrogens is 470 g/mol. The number of ether oxygens (including phenoxy) is 2. The monoisotopic (exact) mass is 480 g/mol. The van der Waals surface area contributed by atoms with Gasteiger partial charge in [0.2, 0.25) is 11.5 Å². The molecule has 0 radical (unpaired) electrons. The fourth-order valence-electron chi connectivity index (χ4n) is 2.88. The molecule has 0 spiro atoms. The number of hydrogen-bond donors (Lipinski definition) is 2. The molecule has 0 unspecified atom stereocenters. The van der Waals surface area contributed by atoms with Crippen LogP contribution in [0.5, 0.6) is 34.5 Å². The second kappa shape index (κ2) is 8.32. The summed E-state index contributed by atoms with van der Waals surface area (Å²) in [6.07, 6.45) is 0. The number of rotatable bonds is 4. The number of phenols is 2. The van der Waals surface area contributed by atoms with Gasteiger partial charge in [-0.1, -0.05) is 70.7 Å². The quantitative estimate of drug-likeness (QED) is 0.287. The highest BCUT2D eigenvalue weighted by molar-refractivity contribution is 6.36. The first-order chi connectivity index (χ1) is 14.3. The zero-order chi connectivity index (χ0) is 21.4. The molecule has 4 nitrogen and oxygen atoms in total. The maximum absolute atomic E-state index is 10.9. The lowest BCUT2D eigenvalue weighted by Gasteiger charge is -2.18. The van der Waals surface area contributed by atoms with Gasteiger partial charge in [0.15, 0.2) is 11.5 Å². The Bertz CT molecular complexity index is 1180. The molecule has 0 bridgehead atoms. The van der Waals surface area contributed by atoms with Crippen LogP contribution in [0.4, 0.5) is 0 Å². The average molecular weight is 482 g/mol. The van der Waals surface area contributed by atoms with Crippen LogP contribution in [-0.4, -0.2) is 10.2 Å². The fourth-order valence-corrected chi connectivity index (χ4v) is 3.78. The van der Waals surface area contributed by atoms with E-state index in [4.69, 9.17) is 55.9 Å². The molecule has 0 fully saturated rings. The van der Waals surface area contributed by atoms with E-state index in [1.54, 1.807) is 36.4 Å². The van der Waals surface area contributed by atoms with Crippen LogP contribution in [0.25, 0.3) is 10.8 Å². The SMILES string of the molecule is Oc1c(Oc2ccc(Cl)cc2Cl)c(Oc2ccc(Cl)cc2Cl)c(O)c2ccccc12. The van der Waals surface area contributed by atoms with E-state index in [0.717, 1.165) is 0 Å². The third kappa shape index (κ3) is 3.92. The molecule has 0 aliphatic heterocycles. The summed E-state index contributed by atoms with van der Waals surface area (Å²) in [7, 11) is 0. The Hall–Kier alpha value is -2.50. The highest BCUT2D eigenvalue weighted by Gasteiger charge is 2.24. The van der Waals surface area contributed by atoms with Crippen LogP contribution in [0, 0.1) is 0 Å². The van der Waals surface area contributed by atoms with Crippen LogP contribution in [0.3, 0.4) is 0 Å². The van der Waals surface area contributed by atoms with E-state index >= 15 is 0 Å². The molecule has 4 aromatic rings. The summed E-state index contributed by atoms with van der Waals surface area (Å²) in [6.45, 7) is 0. The van der Waals surface area contributed by atoms with Crippen molar-refractivity contribution >= 4 is 57.2 Å². The van der Waals surface area contributed by atoms with Gasteiger partial charge in [0.25, 0.3) is 0 Å². The lowest BCUT2D eigenvalue weighted by atomic mass is 10.1. The largest absolute Gasteiger partial charge is 0.504 e. The van der Waals surface area contributed by atoms with Crippen LogP contribution in [-0.2, 0) is 0 Å². The molecule has 0 atom stereocenters. The summed E-state index contributed by atoms with van der Waals surface area (Å²) in [6, 6.07) is 15.9. The van der Waals surface area contributed by atoms with Crippen molar-refractivity contribution in [2.45, 2.75) is 0 Å². The number of fused-ring (bicyclic) bond motifs is 1. The molecule has 0 heterocycles. The third-order valence-corrected chi connectivity index (χ3v) is 5.35. The molecule has 0 saturated heterocycles. The van der Waals surface area contributed by atoms with Crippen LogP contribution in [0.15, 0.2) is 60.7 Å². The second-order valence-corrected chi connectivity index (χ2v) is 7.94. The normalized spacial score (nSPS) is 10.9. The van der Waals surface area contributed by atoms with E-state index in [0.29, 0.717) is 20.8 Å². The third-order valence-electron chi connectivity index (χ3n) is 4.29. The first-order valence-electron chi connectivity index (χ1n) is 8.57. The number of benzene rings is 4. The standard InChI is InChI=1S/C22H12Cl4O4/c23-11-5-7-17(15(25)9-11)29-21-19(27)13-3-1-2-4-14(13)20(28)22(21)30-18-8-6-12(24)10-16(18)26/h1-10,27-28H. The molecule has 0 aliphatic rings. The van der Waals surface area contributed by atoms with Gasteiger partial charge < -0.3 is 19.7 Å². The molecule has 0 aliphatic carbocycles. The van der Waals surface area contributed by atoms with Gasteiger partial charge >= 0.3 is 0 Å². The number of aromatic hydroxyl groups is 2. The Morgan fingerprint density at radius 1 is 0.567 bits per heavy atom. The van der Waals surface area contributed by atoms with E-state index in [-0.39, 0.29) is 44.5 Å². The summed E-state index contributed by atoms with van der Waals surface area (Å²) in [5.41, 5.74) is 0. The number of phenolic OH excluding ortho intramolecular Hbond substituents is 2. The molecule has 8 heteroatoms. The molecule has 2 N–H and O–H groups in total. The lowest BCUT2D eigenvalue weighted by molar-refractivity contribution is 0.364. The smallest absolute Gasteiger partial charge is 0.216 e. The average Bonchev–Trinajstić information content (AvgIpc) is 2.71. The van der Waals surface area contributed by atoms with Crippen molar-refractivity contribution in [3.05, 3.63) is 80.8 Å². The van der Waals surface area contributed by atoms with Gasteiger partial charge in [-0.25, -0.2) is 0 Å². The number of hydrogen-bond acceptors (Lipinski definition) is 4. The van der Waals surface area contributed by atoms with E-state index in [1.165, 1.54) is 24.3 Å². The minimum Gasteiger partial charge on any atom is -0.504 e. The van der Waals surface area contributed by atoms with Crippen LogP contribution < -0.4 is 9.47 Å². The molecule has 30 heavy (non-hydrogen) atoms. The summed E-state index contributed by atoms with van der Waals surface area (Å²) < 4.78 is 11.7. The summed E-state index contributed by atoms with van der Waals surface area (Å²) in [5, 5.41) is 23.8. The minimum absolute atomic E-state index is 0.138. The Kier molecular flexibility index (Phi) is 5.76. The Labute approximate surface area is 191 Å². The van der Waals surface area contributed by atoms with Crippen LogP contribution in [0.1, 0.15) is 0 Å². The maximum Gasteiger partial charge on any atom is 0.216 e. The molecule has 0 amide bonds. The highest BCUT2D eigenvalue weighted by atomic mass is 35.5. The van der Waals surface area contributed by atoms with Crippen molar-refractivity contribution in [3.63, 3.8) is 0 Å². The van der Waals surface area contributed by atoms with Crippen LogP contribution in [0.2, 0.25) is 20.1 Å². The molecule has 4 rings (SSSR count). The van der Waals surface area contributed by atoms with Gasteiger partial charge in [-0.15, -0.1) is 0 Å². The molecule has 0 saturated carbocycles. The topological polar surface area (TPSA) is 58.9 Å². The van der Waals surface area contributed by atoms with Gasteiger partial charge in [0.05, 0.1) is 10.0 Å². The summed E-state index contributed by atoms with van der Waals surface area (Å²) in [4.78, 5) is 0. The molecule has 0 aromatic heterocycles. The Morgan fingerprint density at radius 2 is 0.967 bits per heavy atom. The molecule has 152 valence electrons. The van der Waals surface area contributed by atoms with Crippen molar-refractivity contribution in [1.82, 2.24) is 0 Å². The van der Waals surface area contributed by atoms with Gasteiger partial charge in [0.1, 0.15) is 11.5 Å². The van der Waals surface area contributed by atoms with Crippen molar-refractivity contribution < 1.29 is 19.7 Å². The summed E-state index contributed by atoms with van der Waals surface area (Å²) in [5.74, 6) is -0.344. The minimum atomic E-state index is -0.241. The number of halogens is 4. The van der Waals surface area contributed by atoms with E-state index < -0.39 is 0 Å². The molecular formula is C22H12Cl4O4. The van der Waals surface area contributed by atoms with Crippen molar-refractivity contribution in [2.24, 2.45) is 0 Å². The Balaban J connectivity index is 1.92. The highest BCUT2D eigenvalue weighted by Crippen LogP contribution is 2.53. The van der Waals surface area contributed by atoms with Crippen molar-refractivity contribution in [3.8, 4) is 34.5 Å². The predicted molar refractivity (Wildman–Crippen MR) is 120 cm³/mol. The maximum atomic E-state index is 10.9. The van der Waals surface area contributed by atoms with Crippen molar-refractivity contribution in [2.75, 3.05) is 0 Å². The van der Waals surface area contributed by atoms with E-state index in [1.807, 2.05) is 0 Å². The zero-order valence-corrected chi connectivity index (χ0v) is 18.0. The van der Waals surface area contributed by atoms with E-state index in [9.17, 15) is 10.2 Å². The van der Waals surface area contributed by atoms with Gasteiger partial charge in [-0.05, 0) is 36.4 Å². The van der Waals surface area contributed by atoms with Gasteiger partial charge in [-0.3, -0.25) is 0 Å². The summed E-state index contributed by atoms with van der Waals surface area (Å²) >= 11 is 24.3. The molecule has 4 aromatic carbocycles. The van der Waals surface area contributed by atoms with Crippen LogP contribution >= 0.6 is 46.4 Å². The fraction of sp³-hybridized carbons (Fsp3) is 0. The predicted octanol–water partition coefficient (Wildman–Crippen LogP) is 8.45. The first kappa shape index (κ1) is 20.8. The van der Waals surface area contributed by atoms with Crippen molar-refractivity contribution in [1.29, 1.82) is 0 Å². The van der Waals surface area contributed by atoms with Gasteiger partial charge in [-0.2, -0.15) is 0 Å². The van der Waals surface area contributed by atoms with E-state index in [2.05, 4.69) is 0 Å².